The summed E-state index contributed by atoms with van der Waals surface area (Å²) in [6, 6.07) is 10.2. The van der Waals surface area contributed by atoms with E-state index in [0.29, 0.717) is 10.7 Å². The maximum Gasteiger partial charge on any atom is 0.276 e. The van der Waals surface area contributed by atoms with Gasteiger partial charge in [0.2, 0.25) is 0 Å². The Morgan fingerprint density at radius 2 is 1.82 bits per heavy atom. The number of rotatable bonds is 2. The van der Waals surface area contributed by atoms with Gasteiger partial charge in [0.1, 0.15) is 0 Å². The lowest BCUT2D eigenvalue weighted by atomic mass is 10.3. The van der Waals surface area contributed by atoms with Crippen LogP contribution in [0.5, 0.6) is 0 Å². The van der Waals surface area contributed by atoms with Gasteiger partial charge in [0.05, 0.1) is 5.69 Å². The van der Waals surface area contributed by atoms with Crippen LogP contribution < -0.4 is 5.32 Å². The summed E-state index contributed by atoms with van der Waals surface area (Å²) < 4.78 is 0. The maximum atomic E-state index is 11.8. The first-order chi connectivity index (χ1) is 8.15. The van der Waals surface area contributed by atoms with E-state index in [1.165, 1.54) is 0 Å². The standard InChI is InChI=1S/C12H10ClN3O/c1-8-2-7-11(16-15-8)12(17)14-10-5-3-9(13)4-6-10/h2-7H,1H3,(H,14,17). The molecular formula is C12H10ClN3O. The lowest BCUT2D eigenvalue weighted by Crippen LogP contribution is -2.14. The minimum atomic E-state index is -0.292. The largest absolute Gasteiger partial charge is 0.321 e. The molecule has 17 heavy (non-hydrogen) atoms. The van der Waals surface area contributed by atoms with Gasteiger partial charge in [-0.2, -0.15) is 5.10 Å². The van der Waals surface area contributed by atoms with Crippen molar-refractivity contribution in [1.82, 2.24) is 10.2 Å². The fraction of sp³-hybridized carbons (Fsp3) is 0.0833. The number of anilines is 1. The monoisotopic (exact) mass is 247 g/mol. The number of halogens is 1. The molecule has 1 aromatic heterocycles. The smallest absolute Gasteiger partial charge is 0.276 e. The van der Waals surface area contributed by atoms with Crippen molar-refractivity contribution in [1.29, 1.82) is 0 Å². The molecule has 2 rings (SSSR count). The van der Waals surface area contributed by atoms with Crippen LogP contribution in [-0.4, -0.2) is 16.1 Å². The lowest BCUT2D eigenvalue weighted by molar-refractivity contribution is 0.102. The Kier molecular flexibility index (Phi) is 3.35. The number of carbonyl (C=O) groups is 1. The molecule has 0 aliphatic carbocycles. The molecule has 0 aliphatic rings. The summed E-state index contributed by atoms with van der Waals surface area (Å²) in [4.78, 5) is 11.8. The van der Waals surface area contributed by atoms with Crippen LogP contribution in [0.4, 0.5) is 5.69 Å². The van der Waals surface area contributed by atoms with E-state index in [1.807, 2.05) is 6.92 Å². The molecule has 0 fully saturated rings. The minimum Gasteiger partial charge on any atom is -0.321 e. The second-order valence-corrected chi connectivity index (χ2v) is 3.96. The molecule has 2 aromatic rings. The number of amides is 1. The molecule has 0 saturated heterocycles. The van der Waals surface area contributed by atoms with Crippen LogP contribution in [-0.2, 0) is 0 Å². The average Bonchev–Trinajstić information content (AvgIpc) is 2.33. The van der Waals surface area contributed by atoms with E-state index < -0.39 is 0 Å². The minimum absolute atomic E-state index is 0.283. The summed E-state index contributed by atoms with van der Waals surface area (Å²) in [6.07, 6.45) is 0. The summed E-state index contributed by atoms with van der Waals surface area (Å²) in [5.41, 5.74) is 1.72. The molecule has 0 bridgehead atoms. The molecular weight excluding hydrogens is 238 g/mol. The zero-order chi connectivity index (χ0) is 12.3. The van der Waals surface area contributed by atoms with Crippen molar-refractivity contribution < 1.29 is 4.79 Å². The molecule has 0 unspecified atom stereocenters. The highest BCUT2D eigenvalue weighted by molar-refractivity contribution is 6.30. The van der Waals surface area contributed by atoms with Crippen LogP contribution in [0, 0.1) is 6.92 Å². The predicted octanol–water partition coefficient (Wildman–Crippen LogP) is 2.69. The topological polar surface area (TPSA) is 54.9 Å². The van der Waals surface area contributed by atoms with Gasteiger partial charge in [-0.3, -0.25) is 4.79 Å². The Labute approximate surface area is 104 Å². The summed E-state index contributed by atoms with van der Waals surface area (Å²) in [6.45, 7) is 1.81. The zero-order valence-electron chi connectivity index (χ0n) is 9.14. The van der Waals surface area contributed by atoms with Crippen LogP contribution in [0.25, 0.3) is 0 Å². The van der Waals surface area contributed by atoms with E-state index in [1.54, 1.807) is 36.4 Å². The molecule has 1 amide bonds. The van der Waals surface area contributed by atoms with E-state index in [-0.39, 0.29) is 11.6 Å². The van der Waals surface area contributed by atoms with Crippen molar-refractivity contribution in [2.75, 3.05) is 5.32 Å². The first-order valence-electron chi connectivity index (χ1n) is 5.02. The Balaban J connectivity index is 2.11. The first-order valence-corrected chi connectivity index (χ1v) is 5.40. The second kappa shape index (κ2) is 4.93. The molecule has 0 saturated carbocycles. The van der Waals surface area contributed by atoms with E-state index in [4.69, 9.17) is 11.6 Å². The van der Waals surface area contributed by atoms with Gasteiger partial charge in [-0.15, -0.1) is 5.10 Å². The van der Waals surface area contributed by atoms with E-state index in [9.17, 15) is 4.79 Å². The predicted molar refractivity (Wildman–Crippen MR) is 66.2 cm³/mol. The molecule has 1 heterocycles. The Hall–Kier alpha value is -1.94. The molecule has 4 nitrogen and oxygen atoms in total. The van der Waals surface area contributed by atoms with Crippen LogP contribution in [0.1, 0.15) is 16.2 Å². The van der Waals surface area contributed by atoms with E-state index in [2.05, 4.69) is 15.5 Å². The van der Waals surface area contributed by atoms with Gasteiger partial charge in [0.15, 0.2) is 5.69 Å². The zero-order valence-corrected chi connectivity index (χ0v) is 9.90. The van der Waals surface area contributed by atoms with Crippen molar-refractivity contribution in [2.45, 2.75) is 6.92 Å². The molecule has 0 aliphatic heterocycles. The van der Waals surface area contributed by atoms with Gasteiger partial charge in [0, 0.05) is 10.7 Å². The molecule has 1 aromatic carbocycles. The number of nitrogens with one attached hydrogen (secondary N) is 1. The summed E-state index contributed by atoms with van der Waals surface area (Å²) in [5, 5.41) is 11.0. The van der Waals surface area contributed by atoms with Crippen molar-refractivity contribution in [3.8, 4) is 0 Å². The normalized spacial score (nSPS) is 10.0. The lowest BCUT2D eigenvalue weighted by Gasteiger charge is -2.04. The first kappa shape index (κ1) is 11.5. The second-order valence-electron chi connectivity index (χ2n) is 3.52. The van der Waals surface area contributed by atoms with Gasteiger partial charge < -0.3 is 5.32 Å². The number of hydrogen-bond acceptors (Lipinski definition) is 3. The molecule has 5 heteroatoms. The Bertz CT molecular complexity index is 522. The van der Waals surface area contributed by atoms with Crippen molar-refractivity contribution >= 4 is 23.2 Å². The number of benzene rings is 1. The maximum absolute atomic E-state index is 11.8. The third kappa shape index (κ3) is 3.01. The highest BCUT2D eigenvalue weighted by Gasteiger charge is 2.07. The van der Waals surface area contributed by atoms with Crippen LogP contribution in [0.3, 0.4) is 0 Å². The number of carbonyl (C=O) groups excluding carboxylic acids is 1. The quantitative estimate of drug-likeness (QED) is 0.888. The Morgan fingerprint density at radius 3 is 2.41 bits per heavy atom. The highest BCUT2D eigenvalue weighted by atomic mass is 35.5. The number of hydrogen-bond donors (Lipinski definition) is 1. The van der Waals surface area contributed by atoms with Crippen molar-refractivity contribution in [3.63, 3.8) is 0 Å². The van der Waals surface area contributed by atoms with E-state index >= 15 is 0 Å². The van der Waals surface area contributed by atoms with Gasteiger partial charge in [-0.05, 0) is 43.3 Å². The molecule has 0 atom stereocenters. The van der Waals surface area contributed by atoms with Gasteiger partial charge in [-0.25, -0.2) is 0 Å². The highest BCUT2D eigenvalue weighted by Crippen LogP contribution is 2.13. The summed E-state index contributed by atoms with van der Waals surface area (Å²) in [7, 11) is 0. The molecule has 0 spiro atoms. The van der Waals surface area contributed by atoms with Gasteiger partial charge in [0.25, 0.3) is 5.91 Å². The Morgan fingerprint density at radius 1 is 1.12 bits per heavy atom. The van der Waals surface area contributed by atoms with Crippen molar-refractivity contribution in [3.05, 3.63) is 52.8 Å². The summed E-state index contributed by atoms with van der Waals surface area (Å²) in [5.74, 6) is -0.292. The van der Waals surface area contributed by atoms with E-state index in [0.717, 1.165) is 5.69 Å². The average molecular weight is 248 g/mol. The number of aryl methyl sites for hydroxylation is 1. The molecule has 86 valence electrons. The third-order valence-corrected chi connectivity index (χ3v) is 2.38. The van der Waals surface area contributed by atoms with Crippen LogP contribution in [0.2, 0.25) is 5.02 Å². The summed E-state index contributed by atoms with van der Waals surface area (Å²) >= 11 is 5.75. The third-order valence-electron chi connectivity index (χ3n) is 2.13. The molecule has 1 N–H and O–H groups in total. The van der Waals surface area contributed by atoms with Gasteiger partial charge >= 0.3 is 0 Å². The van der Waals surface area contributed by atoms with Crippen LogP contribution >= 0.6 is 11.6 Å². The van der Waals surface area contributed by atoms with Crippen molar-refractivity contribution in [2.24, 2.45) is 0 Å². The SMILES string of the molecule is Cc1ccc(C(=O)Nc2ccc(Cl)cc2)nn1. The van der Waals surface area contributed by atoms with Crippen LogP contribution in [0.15, 0.2) is 36.4 Å². The number of nitrogens with zero attached hydrogens (tertiary/aromatic N) is 2. The fourth-order valence-corrected chi connectivity index (χ4v) is 1.37. The molecule has 0 radical (unpaired) electrons. The number of aromatic nitrogens is 2. The van der Waals surface area contributed by atoms with Gasteiger partial charge in [-0.1, -0.05) is 11.6 Å². The fourth-order valence-electron chi connectivity index (χ4n) is 1.25.